The lowest BCUT2D eigenvalue weighted by molar-refractivity contribution is -0.139. The third-order valence-electron chi connectivity index (χ3n) is 1.68. The summed E-state index contributed by atoms with van der Waals surface area (Å²) in [7, 11) is 0. The summed E-state index contributed by atoms with van der Waals surface area (Å²) in [5.74, 6) is -2.21. The van der Waals surface area contributed by atoms with Crippen molar-refractivity contribution in [1.82, 2.24) is 0 Å². The summed E-state index contributed by atoms with van der Waals surface area (Å²) in [6.07, 6.45) is 1.75. The van der Waals surface area contributed by atoms with Gasteiger partial charge in [0.15, 0.2) is 5.78 Å². The monoisotopic (exact) mass is 208 g/mol. The van der Waals surface area contributed by atoms with Gasteiger partial charge in [0.25, 0.3) is 0 Å². The second kappa shape index (κ2) is 5.05. The molecule has 78 valence electrons. The molecule has 0 aromatic heterocycles. The van der Waals surface area contributed by atoms with E-state index >= 15 is 0 Å². The molecule has 0 saturated heterocycles. The highest BCUT2D eigenvalue weighted by atomic mass is 19.1. The molecule has 3 nitrogen and oxygen atoms in total. The van der Waals surface area contributed by atoms with E-state index in [2.05, 4.69) is 0 Å². The Morgan fingerprint density at radius 3 is 2.60 bits per heavy atom. The molecule has 0 atom stereocenters. The van der Waals surface area contributed by atoms with Crippen LogP contribution in [0.1, 0.15) is 12.0 Å². The van der Waals surface area contributed by atoms with Gasteiger partial charge in [-0.05, 0) is 18.2 Å². The van der Waals surface area contributed by atoms with Crippen LogP contribution in [0.15, 0.2) is 30.3 Å². The van der Waals surface area contributed by atoms with Gasteiger partial charge in [-0.1, -0.05) is 18.2 Å². The van der Waals surface area contributed by atoms with E-state index in [4.69, 9.17) is 5.11 Å². The maximum atomic E-state index is 13.0. The van der Waals surface area contributed by atoms with Crippen LogP contribution in [-0.4, -0.2) is 16.9 Å². The highest BCUT2D eigenvalue weighted by Gasteiger charge is 2.03. The molecule has 0 radical (unpaired) electrons. The van der Waals surface area contributed by atoms with Crippen molar-refractivity contribution < 1.29 is 19.1 Å². The molecule has 0 spiro atoms. The Balaban J connectivity index is 2.70. The number of benzene rings is 1. The topological polar surface area (TPSA) is 54.4 Å². The van der Waals surface area contributed by atoms with Crippen molar-refractivity contribution in [3.63, 3.8) is 0 Å². The Labute approximate surface area is 85.8 Å². The molecule has 0 aliphatic rings. The highest BCUT2D eigenvalue weighted by molar-refractivity contribution is 6.03. The number of rotatable bonds is 4. The molecule has 0 aliphatic carbocycles. The summed E-state index contributed by atoms with van der Waals surface area (Å²) < 4.78 is 13.0. The number of carbonyl (C=O) groups excluding carboxylic acids is 1. The summed E-state index contributed by atoms with van der Waals surface area (Å²) in [5, 5.41) is 8.31. The third-order valence-corrected chi connectivity index (χ3v) is 1.68. The number of allylic oxidation sites excluding steroid dienone is 1. The minimum atomic E-state index is -1.20. The summed E-state index contributed by atoms with van der Waals surface area (Å²) >= 11 is 0. The van der Waals surface area contributed by atoms with E-state index in [0.717, 1.165) is 6.08 Å². The molecular weight excluding hydrogens is 199 g/mol. The van der Waals surface area contributed by atoms with Crippen LogP contribution in [0.2, 0.25) is 0 Å². The maximum absolute atomic E-state index is 13.0. The first-order chi connectivity index (χ1) is 7.09. The minimum Gasteiger partial charge on any atom is -0.481 e. The second-order valence-corrected chi connectivity index (χ2v) is 2.89. The number of halogens is 1. The summed E-state index contributed by atoms with van der Waals surface area (Å²) in [5.41, 5.74) is 0.260. The van der Waals surface area contributed by atoms with Crippen molar-refractivity contribution >= 4 is 17.8 Å². The molecule has 0 aliphatic heterocycles. The summed E-state index contributed by atoms with van der Waals surface area (Å²) in [6, 6.07) is 5.93. The Morgan fingerprint density at radius 1 is 1.33 bits per heavy atom. The van der Waals surface area contributed by atoms with Crippen molar-refractivity contribution in [2.75, 3.05) is 0 Å². The molecule has 0 saturated carbocycles. The fourth-order valence-corrected chi connectivity index (χ4v) is 1.00. The van der Waals surface area contributed by atoms with Gasteiger partial charge in [-0.15, -0.1) is 0 Å². The Morgan fingerprint density at radius 2 is 2.00 bits per heavy atom. The van der Waals surface area contributed by atoms with E-state index in [-0.39, 0.29) is 5.56 Å². The molecule has 1 aromatic carbocycles. The highest BCUT2D eigenvalue weighted by Crippen LogP contribution is 2.08. The second-order valence-electron chi connectivity index (χ2n) is 2.89. The van der Waals surface area contributed by atoms with Crippen LogP contribution in [-0.2, 0) is 9.59 Å². The van der Waals surface area contributed by atoms with E-state index in [1.165, 1.54) is 24.3 Å². The minimum absolute atomic E-state index is 0.260. The standard InChI is InChI=1S/C11H9FO3/c12-10-4-2-1-3-8(10)5-6-9(13)7-11(14)15/h1-6H,7H2,(H,14,15)/b6-5+. The van der Waals surface area contributed by atoms with E-state index < -0.39 is 24.0 Å². The fourth-order valence-electron chi connectivity index (χ4n) is 1.00. The zero-order valence-electron chi connectivity index (χ0n) is 7.81. The molecule has 0 amide bonds. The molecular formula is C11H9FO3. The lowest BCUT2D eigenvalue weighted by Crippen LogP contribution is -2.03. The van der Waals surface area contributed by atoms with Crippen LogP contribution in [0.5, 0.6) is 0 Å². The largest absolute Gasteiger partial charge is 0.481 e. The average molecular weight is 208 g/mol. The van der Waals surface area contributed by atoms with Crippen LogP contribution < -0.4 is 0 Å². The first-order valence-electron chi connectivity index (χ1n) is 4.27. The smallest absolute Gasteiger partial charge is 0.311 e. The van der Waals surface area contributed by atoms with Crippen LogP contribution in [0.4, 0.5) is 4.39 Å². The van der Waals surface area contributed by atoms with Crippen molar-refractivity contribution in [2.24, 2.45) is 0 Å². The van der Waals surface area contributed by atoms with E-state index in [1.807, 2.05) is 0 Å². The number of carboxylic acids is 1. The number of ketones is 1. The molecule has 0 fully saturated rings. The van der Waals surface area contributed by atoms with E-state index in [9.17, 15) is 14.0 Å². The summed E-state index contributed by atoms with van der Waals surface area (Å²) in [4.78, 5) is 21.1. The number of carboxylic acid groups (broad SMARTS) is 1. The molecule has 4 heteroatoms. The molecule has 0 bridgehead atoms. The van der Waals surface area contributed by atoms with Gasteiger partial charge in [0, 0.05) is 5.56 Å². The van der Waals surface area contributed by atoms with Crippen LogP contribution in [0.3, 0.4) is 0 Å². The Hall–Kier alpha value is -1.97. The SMILES string of the molecule is O=C(O)CC(=O)/C=C/c1ccccc1F. The molecule has 1 N–H and O–H groups in total. The first-order valence-corrected chi connectivity index (χ1v) is 4.27. The Kier molecular flexibility index (Phi) is 3.74. The van der Waals surface area contributed by atoms with Gasteiger partial charge < -0.3 is 5.11 Å². The van der Waals surface area contributed by atoms with Crippen LogP contribution in [0, 0.1) is 5.82 Å². The molecule has 0 unspecified atom stereocenters. The third kappa shape index (κ3) is 3.72. The van der Waals surface area contributed by atoms with Crippen molar-refractivity contribution in [3.8, 4) is 0 Å². The Bertz CT molecular complexity index is 410. The van der Waals surface area contributed by atoms with Gasteiger partial charge in [0.2, 0.25) is 0 Å². The number of hydrogen-bond acceptors (Lipinski definition) is 2. The lowest BCUT2D eigenvalue weighted by atomic mass is 10.1. The predicted octanol–water partition coefficient (Wildman–Crippen LogP) is 1.88. The van der Waals surface area contributed by atoms with Gasteiger partial charge in [-0.3, -0.25) is 9.59 Å². The van der Waals surface area contributed by atoms with Gasteiger partial charge >= 0.3 is 5.97 Å². The average Bonchev–Trinajstić information content (AvgIpc) is 2.15. The lowest BCUT2D eigenvalue weighted by Gasteiger charge is -1.94. The zero-order chi connectivity index (χ0) is 11.3. The van der Waals surface area contributed by atoms with Crippen molar-refractivity contribution in [3.05, 3.63) is 41.7 Å². The zero-order valence-corrected chi connectivity index (χ0v) is 7.81. The van der Waals surface area contributed by atoms with Crippen LogP contribution >= 0.6 is 0 Å². The van der Waals surface area contributed by atoms with Crippen molar-refractivity contribution in [1.29, 1.82) is 0 Å². The van der Waals surface area contributed by atoms with Gasteiger partial charge in [-0.2, -0.15) is 0 Å². The quantitative estimate of drug-likeness (QED) is 0.607. The maximum Gasteiger partial charge on any atom is 0.311 e. The van der Waals surface area contributed by atoms with E-state index in [0.29, 0.717) is 0 Å². The van der Waals surface area contributed by atoms with Gasteiger partial charge in [0.05, 0.1) is 0 Å². The van der Waals surface area contributed by atoms with Crippen LogP contribution in [0.25, 0.3) is 6.08 Å². The molecule has 0 heterocycles. The fraction of sp³-hybridized carbons (Fsp3) is 0.0909. The van der Waals surface area contributed by atoms with Gasteiger partial charge in [0.1, 0.15) is 12.2 Å². The van der Waals surface area contributed by atoms with E-state index in [1.54, 1.807) is 6.07 Å². The van der Waals surface area contributed by atoms with Crippen molar-refractivity contribution in [2.45, 2.75) is 6.42 Å². The molecule has 1 aromatic rings. The normalized spacial score (nSPS) is 10.5. The molecule has 15 heavy (non-hydrogen) atoms. The summed E-state index contributed by atoms with van der Waals surface area (Å²) in [6.45, 7) is 0. The number of aliphatic carboxylic acids is 1. The number of carbonyl (C=O) groups is 2. The van der Waals surface area contributed by atoms with Gasteiger partial charge in [-0.25, -0.2) is 4.39 Å². The molecule has 1 rings (SSSR count). The first kappa shape index (κ1) is 11.1. The predicted molar refractivity (Wildman–Crippen MR) is 52.7 cm³/mol. The number of hydrogen-bond donors (Lipinski definition) is 1.